The summed E-state index contributed by atoms with van der Waals surface area (Å²) in [4.78, 5) is 29.6. The fraction of sp³-hybridized carbons (Fsp3) is 0.312. The maximum Gasteiger partial charge on any atom is 0.308 e. The smallest absolute Gasteiger partial charge is 0.308 e. The van der Waals surface area contributed by atoms with Crippen LogP contribution in [-0.2, 0) is 4.79 Å². The van der Waals surface area contributed by atoms with Gasteiger partial charge in [-0.3, -0.25) is 14.6 Å². The Morgan fingerprint density at radius 2 is 2.00 bits per heavy atom. The van der Waals surface area contributed by atoms with Gasteiger partial charge in [0.2, 0.25) is 0 Å². The summed E-state index contributed by atoms with van der Waals surface area (Å²) in [7, 11) is 0. The molecule has 1 saturated heterocycles. The second-order valence-electron chi connectivity index (χ2n) is 5.54. The first-order chi connectivity index (χ1) is 10.1. The monoisotopic (exact) mass is 284 g/mol. The largest absolute Gasteiger partial charge is 0.481 e. The number of nitrogens with zero attached hydrogens (tertiary/aromatic N) is 2. The fourth-order valence-corrected chi connectivity index (χ4v) is 2.91. The lowest BCUT2D eigenvalue weighted by atomic mass is 9.99. The number of carboxylic acids is 1. The first-order valence-corrected chi connectivity index (χ1v) is 6.92. The highest BCUT2D eigenvalue weighted by atomic mass is 16.4. The molecule has 2 atom stereocenters. The first kappa shape index (κ1) is 13.5. The number of carbonyl (C=O) groups excluding carboxylic acids is 1. The Balaban J connectivity index is 1.93. The van der Waals surface area contributed by atoms with Crippen LogP contribution in [0.15, 0.2) is 36.7 Å². The minimum atomic E-state index is -0.839. The van der Waals surface area contributed by atoms with E-state index in [0.29, 0.717) is 12.1 Å². The number of amides is 1. The third-order valence-electron chi connectivity index (χ3n) is 4.12. The van der Waals surface area contributed by atoms with Gasteiger partial charge in [0, 0.05) is 30.9 Å². The van der Waals surface area contributed by atoms with Crippen LogP contribution in [0, 0.1) is 11.8 Å². The molecule has 0 unspecified atom stereocenters. The third-order valence-corrected chi connectivity index (χ3v) is 4.12. The predicted octanol–water partition coefficient (Wildman–Crippen LogP) is 2.03. The number of benzene rings is 1. The lowest BCUT2D eigenvalue weighted by Crippen LogP contribution is -2.30. The SMILES string of the molecule is C[C@@H]1CN(C(=O)c2cncc3ccccc23)C[C@H]1C(=O)O. The van der Waals surface area contributed by atoms with E-state index < -0.39 is 11.9 Å². The van der Waals surface area contributed by atoms with Crippen molar-refractivity contribution in [1.82, 2.24) is 9.88 Å². The van der Waals surface area contributed by atoms with Crippen molar-refractivity contribution in [3.8, 4) is 0 Å². The second-order valence-corrected chi connectivity index (χ2v) is 5.54. The number of hydrogen-bond acceptors (Lipinski definition) is 3. The summed E-state index contributed by atoms with van der Waals surface area (Å²) >= 11 is 0. The van der Waals surface area contributed by atoms with Gasteiger partial charge in [-0.05, 0) is 11.3 Å². The molecule has 2 aromatic rings. The van der Waals surface area contributed by atoms with Gasteiger partial charge in [-0.15, -0.1) is 0 Å². The summed E-state index contributed by atoms with van der Waals surface area (Å²) in [6.45, 7) is 2.60. The average Bonchev–Trinajstić information content (AvgIpc) is 2.88. The molecule has 0 radical (unpaired) electrons. The van der Waals surface area contributed by atoms with Gasteiger partial charge in [0.15, 0.2) is 0 Å². The van der Waals surface area contributed by atoms with Crippen molar-refractivity contribution in [2.45, 2.75) is 6.92 Å². The van der Waals surface area contributed by atoms with E-state index in [1.165, 1.54) is 0 Å². The van der Waals surface area contributed by atoms with E-state index in [4.69, 9.17) is 0 Å². The first-order valence-electron chi connectivity index (χ1n) is 6.92. The summed E-state index contributed by atoms with van der Waals surface area (Å²) in [6.07, 6.45) is 3.28. The highest BCUT2D eigenvalue weighted by Crippen LogP contribution is 2.26. The van der Waals surface area contributed by atoms with Crippen molar-refractivity contribution in [1.29, 1.82) is 0 Å². The molecule has 0 saturated carbocycles. The van der Waals surface area contributed by atoms with Gasteiger partial charge < -0.3 is 10.0 Å². The van der Waals surface area contributed by atoms with Crippen molar-refractivity contribution in [3.05, 3.63) is 42.2 Å². The van der Waals surface area contributed by atoms with E-state index in [9.17, 15) is 14.7 Å². The van der Waals surface area contributed by atoms with E-state index in [2.05, 4.69) is 4.98 Å². The summed E-state index contributed by atoms with van der Waals surface area (Å²) in [5.74, 6) is -1.50. The number of carbonyl (C=O) groups is 2. The Kier molecular flexibility index (Phi) is 3.33. The van der Waals surface area contributed by atoms with Gasteiger partial charge >= 0.3 is 5.97 Å². The number of rotatable bonds is 2. The summed E-state index contributed by atoms with van der Waals surface area (Å²) < 4.78 is 0. The Morgan fingerprint density at radius 3 is 2.71 bits per heavy atom. The number of aliphatic carboxylic acids is 1. The van der Waals surface area contributed by atoms with Crippen LogP contribution in [0.1, 0.15) is 17.3 Å². The Hall–Kier alpha value is -2.43. The molecule has 0 spiro atoms. The van der Waals surface area contributed by atoms with Gasteiger partial charge in [0.25, 0.3) is 5.91 Å². The van der Waals surface area contributed by atoms with Crippen LogP contribution in [-0.4, -0.2) is 40.0 Å². The van der Waals surface area contributed by atoms with Crippen molar-refractivity contribution in [3.63, 3.8) is 0 Å². The highest BCUT2D eigenvalue weighted by molar-refractivity contribution is 6.06. The molecular weight excluding hydrogens is 268 g/mol. The molecule has 1 aliphatic rings. The van der Waals surface area contributed by atoms with Crippen LogP contribution in [0.25, 0.3) is 10.8 Å². The number of fused-ring (bicyclic) bond motifs is 1. The number of aromatic nitrogens is 1. The summed E-state index contributed by atoms with van der Waals surface area (Å²) in [5.41, 5.74) is 0.534. The standard InChI is InChI=1S/C16H16N2O3/c1-10-8-18(9-14(10)16(20)21)15(19)13-7-17-6-11-4-2-3-5-12(11)13/h2-7,10,14H,8-9H2,1H3,(H,20,21)/t10-,14-/m1/s1. The Morgan fingerprint density at radius 1 is 1.24 bits per heavy atom. The molecule has 1 amide bonds. The van der Waals surface area contributed by atoms with Crippen LogP contribution in [0.3, 0.4) is 0 Å². The molecule has 1 aromatic heterocycles. The van der Waals surface area contributed by atoms with E-state index >= 15 is 0 Å². The Labute approximate surface area is 122 Å². The number of carboxylic acid groups (broad SMARTS) is 1. The van der Waals surface area contributed by atoms with Crippen molar-refractivity contribution in [2.75, 3.05) is 13.1 Å². The number of hydrogen-bond donors (Lipinski definition) is 1. The van der Waals surface area contributed by atoms with Crippen molar-refractivity contribution < 1.29 is 14.7 Å². The summed E-state index contributed by atoms with van der Waals surface area (Å²) in [5, 5.41) is 10.9. The van der Waals surface area contributed by atoms with Gasteiger partial charge in [-0.25, -0.2) is 0 Å². The molecular formula is C16H16N2O3. The van der Waals surface area contributed by atoms with Gasteiger partial charge in [-0.2, -0.15) is 0 Å². The molecule has 5 nitrogen and oxygen atoms in total. The van der Waals surface area contributed by atoms with Crippen LogP contribution in [0.5, 0.6) is 0 Å². The number of likely N-dealkylation sites (tertiary alicyclic amines) is 1. The zero-order valence-electron chi connectivity index (χ0n) is 11.7. The molecule has 1 aliphatic heterocycles. The maximum absolute atomic E-state index is 12.7. The topological polar surface area (TPSA) is 70.5 Å². The van der Waals surface area contributed by atoms with E-state index in [1.807, 2.05) is 31.2 Å². The predicted molar refractivity (Wildman–Crippen MR) is 77.9 cm³/mol. The molecule has 2 heterocycles. The molecule has 108 valence electrons. The number of pyridine rings is 1. The molecule has 0 bridgehead atoms. The normalized spacial score (nSPS) is 21.7. The van der Waals surface area contributed by atoms with E-state index in [1.54, 1.807) is 17.3 Å². The van der Waals surface area contributed by atoms with Crippen LogP contribution in [0.2, 0.25) is 0 Å². The Bertz CT molecular complexity index is 708. The van der Waals surface area contributed by atoms with Crippen molar-refractivity contribution in [2.24, 2.45) is 11.8 Å². The molecule has 1 aromatic carbocycles. The van der Waals surface area contributed by atoms with Crippen LogP contribution in [0.4, 0.5) is 0 Å². The van der Waals surface area contributed by atoms with E-state index in [-0.39, 0.29) is 18.4 Å². The fourth-order valence-electron chi connectivity index (χ4n) is 2.91. The van der Waals surface area contributed by atoms with Gasteiger partial charge in [-0.1, -0.05) is 31.2 Å². The minimum absolute atomic E-state index is 0.0330. The average molecular weight is 284 g/mol. The van der Waals surface area contributed by atoms with Crippen LogP contribution >= 0.6 is 0 Å². The second kappa shape index (κ2) is 5.16. The third kappa shape index (κ3) is 2.35. The lowest BCUT2D eigenvalue weighted by Gasteiger charge is -2.16. The maximum atomic E-state index is 12.7. The molecule has 21 heavy (non-hydrogen) atoms. The van der Waals surface area contributed by atoms with Crippen molar-refractivity contribution >= 4 is 22.6 Å². The zero-order chi connectivity index (χ0) is 15.0. The lowest BCUT2D eigenvalue weighted by molar-refractivity contribution is -0.142. The molecule has 1 N–H and O–H groups in total. The molecule has 3 rings (SSSR count). The zero-order valence-corrected chi connectivity index (χ0v) is 11.7. The summed E-state index contributed by atoms with van der Waals surface area (Å²) in [6, 6.07) is 7.58. The molecule has 1 fully saturated rings. The van der Waals surface area contributed by atoms with Gasteiger partial charge in [0.1, 0.15) is 0 Å². The van der Waals surface area contributed by atoms with Gasteiger partial charge in [0.05, 0.1) is 11.5 Å². The van der Waals surface area contributed by atoms with Crippen LogP contribution < -0.4 is 0 Å². The minimum Gasteiger partial charge on any atom is -0.481 e. The molecule has 5 heteroatoms. The molecule has 0 aliphatic carbocycles. The van der Waals surface area contributed by atoms with E-state index in [0.717, 1.165) is 10.8 Å². The quantitative estimate of drug-likeness (QED) is 0.916. The highest BCUT2D eigenvalue weighted by Gasteiger charge is 2.37.